The highest BCUT2D eigenvalue weighted by Crippen LogP contribution is 2.21. The Morgan fingerprint density at radius 3 is 2.67 bits per heavy atom. The van der Waals surface area contributed by atoms with E-state index >= 15 is 0 Å². The number of aliphatic hydroxyl groups is 1. The summed E-state index contributed by atoms with van der Waals surface area (Å²) < 4.78 is 26.2. The number of hydrogen-bond acceptors (Lipinski definition) is 3. The van der Waals surface area contributed by atoms with E-state index in [-0.39, 0.29) is 17.4 Å². The first kappa shape index (κ1) is 18.4. The number of benzene rings is 1. The van der Waals surface area contributed by atoms with Gasteiger partial charge in [-0.3, -0.25) is 9.69 Å². The molecule has 4 nitrogen and oxygen atoms in total. The molecule has 1 aromatic rings. The van der Waals surface area contributed by atoms with Gasteiger partial charge in [-0.1, -0.05) is 12.0 Å². The summed E-state index contributed by atoms with van der Waals surface area (Å²) in [6.07, 6.45) is 5.59. The van der Waals surface area contributed by atoms with Crippen LogP contribution in [0.25, 0.3) is 0 Å². The lowest BCUT2D eigenvalue weighted by Crippen LogP contribution is -2.44. The van der Waals surface area contributed by atoms with Crippen LogP contribution < -0.4 is 5.32 Å². The van der Waals surface area contributed by atoms with Crippen LogP contribution in [0.15, 0.2) is 18.2 Å². The van der Waals surface area contributed by atoms with Crippen LogP contribution >= 0.6 is 0 Å². The molecule has 2 unspecified atom stereocenters. The fraction of sp³-hybridized carbons (Fsp3) is 0.500. The van der Waals surface area contributed by atoms with Crippen molar-refractivity contribution in [2.75, 3.05) is 19.6 Å². The van der Waals surface area contributed by atoms with Crippen molar-refractivity contribution in [3.63, 3.8) is 0 Å². The standard InChI is InChI=1S/C18H22F2N2O2/c1-3-8-22-9-6-13(7-10-22)18(24)21-12(2)17(23)14-4-5-15(19)16(20)11-14/h1,4-5,11-13,17,23H,6-10H2,2H3,(H,21,24). The summed E-state index contributed by atoms with van der Waals surface area (Å²) in [6, 6.07) is 2.61. The summed E-state index contributed by atoms with van der Waals surface area (Å²) in [6.45, 7) is 3.75. The van der Waals surface area contributed by atoms with Crippen LogP contribution in [0.2, 0.25) is 0 Å². The molecule has 130 valence electrons. The number of nitrogens with one attached hydrogen (secondary N) is 1. The van der Waals surface area contributed by atoms with E-state index in [9.17, 15) is 18.7 Å². The molecule has 0 aliphatic carbocycles. The summed E-state index contributed by atoms with van der Waals surface area (Å²) in [5.74, 6) is 0.336. The van der Waals surface area contributed by atoms with Gasteiger partial charge in [0.25, 0.3) is 0 Å². The molecule has 1 fully saturated rings. The first-order valence-electron chi connectivity index (χ1n) is 8.01. The lowest BCUT2D eigenvalue weighted by Gasteiger charge is -2.31. The Labute approximate surface area is 140 Å². The van der Waals surface area contributed by atoms with Crippen LogP contribution in [0.3, 0.4) is 0 Å². The van der Waals surface area contributed by atoms with Gasteiger partial charge in [0.05, 0.1) is 18.7 Å². The highest BCUT2D eigenvalue weighted by Gasteiger charge is 2.27. The average Bonchev–Trinajstić information content (AvgIpc) is 2.57. The maximum absolute atomic E-state index is 13.3. The Morgan fingerprint density at radius 2 is 2.08 bits per heavy atom. The number of rotatable bonds is 5. The van der Waals surface area contributed by atoms with Gasteiger partial charge in [-0.15, -0.1) is 6.42 Å². The van der Waals surface area contributed by atoms with E-state index in [1.54, 1.807) is 6.92 Å². The van der Waals surface area contributed by atoms with Crippen LogP contribution in [0.4, 0.5) is 8.78 Å². The number of piperidine rings is 1. The van der Waals surface area contributed by atoms with Gasteiger partial charge >= 0.3 is 0 Å². The molecule has 0 aromatic heterocycles. The third-order valence-electron chi connectivity index (χ3n) is 4.40. The van der Waals surface area contributed by atoms with Crippen molar-refractivity contribution in [3.05, 3.63) is 35.4 Å². The summed E-state index contributed by atoms with van der Waals surface area (Å²) in [5, 5.41) is 13.0. The van der Waals surface area contributed by atoms with Crippen LogP contribution in [0, 0.1) is 29.9 Å². The first-order chi connectivity index (χ1) is 11.4. The highest BCUT2D eigenvalue weighted by molar-refractivity contribution is 5.79. The molecule has 1 aromatic carbocycles. The van der Waals surface area contributed by atoms with Crippen molar-refractivity contribution in [2.45, 2.75) is 31.9 Å². The van der Waals surface area contributed by atoms with E-state index in [1.807, 2.05) is 0 Å². The molecule has 1 heterocycles. The van der Waals surface area contributed by atoms with Gasteiger partial charge in [-0.05, 0) is 50.6 Å². The van der Waals surface area contributed by atoms with E-state index in [1.165, 1.54) is 6.07 Å². The molecule has 24 heavy (non-hydrogen) atoms. The lowest BCUT2D eigenvalue weighted by atomic mass is 9.95. The molecule has 1 saturated heterocycles. The monoisotopic (exact) mass is 336 g/mol. The molecular formula is C18H22F2N2O2. The van der Waals surface area contributed by atoms with Gasteiger partial charge in [0.1, 0.15) is 0 Å². The van der Waals surface area contributed by atoms with E-state index in [0.717, 1.165) is 25.2 Å². The second-order valence-corrected chi connectivity index (χ2v) is 6.17. The molecule has 1 amide bonds. The fourth-order valence-corrected chi connectivity index (χ4v) is 2.89. The van der Waals surface area contributed by atoms with E-state index in [4.69, 9.17) is 6.42 Å². The summed E-state index contributed by atoms with van der Waals surface area (Å²) in [5.41, 5.74) is 0.227. The molecule has 2 rings (SSSR count). The maximum Gasteiger partial charge on any atom is 0.223 e. The number of amides is 1. The smallest absolute Gasteiger partial charge is 0.223 e. The van der Waals surface area contributed by atoms with Gasteiger partial charge in [0.15, 0.2) is 11.6 Å². The Balaban J connectivity index is 1.89. The third-order valence-corrected chi connectivity index (χ3v) is 4.40. The van der Waals surface area contributed by atoms with Gasteiger partial charge in [-0.25, -0.2) is 8.78 Å². The normalized spacial score (nSPS) is 18.6. The lowest BCUT2D eigenvalue weighted by molar-refractivity contribution is -0.127. The Hall–Kier alpha value is -1.97. The zero-order valence-corrected chi connectivity index (χ0v) is 13.6. The second-order valence-electron chi connectivity index (χ2n) is 6.17. The average molecular weight is 336 g/mol. The number of aliphatic hydroxyl groups excluding tert-OH is 1. The van der Waals surface area contributed by atoms with Crippen LogP contribution in [-0.4, -0.2) is 41.6 Å². The van der Waals surface area contributed by atoms with Crippen LogP contribution in [-0.2, 0) is 4.79 Å². The van der Waals surface area contributed by atoms with Crippen molar-refractivity contribution >= 4 is 5.91 Å². The third kappa shape index (κ3) is 4.53. The molecule has 6 heteroatoms. The number of carbonyl (C=O) groups is 1. The van der Waals surface area contributed by atoms with Gasteiger partial charge in [0.2, 0.25) is 5.91 Å². The number of halogens is 2. The number of hydrogen-bond donors (Lipinski definition) is 2. The van der Waals surface area contributed by atoms with E-state index in [2.05, 4.69) is 16.1 Å². The Bertz CT molecular complexity index is 622. The fourth-order valence-electron chi connectivity index (χ4n) is 2.89. The number of carbonyl (C=O) groups excluding carboxylic acids is 1. The molecular weight excluding hydrogens is 314 g/mol. The predicted molar refractivity (Wildman–Crippen MR) is 86.9 cm³/mol. The molecule has 2 atom stereocenters. The number of likely N-dealkylation sites (tertiary alicyclic amines) is 1. The van der Waals surface area contributed by atoms with Crippen molar-refractivity contribution in [3.8, 4) is 12.3 Å². The zero-order valence-electron chi connectivity index (χ0n) is 13.6. The van der Waals surface area contributed by atoms with Crippen molar-refractivity contribution < 1.29 is 18.7 Å². The van der Waals surface area contributed by atoms with Crippen molar-refractivity contribution in [2.24, 2.45) is 5.92 Å². The Kier molecular flexibility index (Phi) is 6.29. The molecule has 0 bridgehead atoms. The van der Waals surface area contributed by atoms with Gasteiger partial charge in [-0.2, -0.15) is 0 Å². The van der Waals surface area contributed by atoms with E-state index < -0.39 is 23.8 Å². The molecule has 1 aliphatic rings. The number of nitrogens with zero attached hydrogens (tertiary/aromatic N) is 1. The minimum atomic E-state index is -1.11. The second kappa shape index (κ2) is 8.22. The number of terminal acetylenes is 1. The summed E-state index contributed by atoms with van der Waals surface area (Å²) >= 11 is 0. The summed E-state index contributed by atoms with van der Waals surface area (Å²) in [4.78, 5) is 14.4. The van der Waals surface area contributed by atoms with Gasteiger partial charge < -0.3 is 10.4 Å². The van der Waals surface area contributed by atoms with Crippen LogP contribution in [0.1, 0.15) is 31.4 Å². The van der Waals surface area contributed by atoms with Gasteiger partial charge in [0, 0.05) is 5.92 Å². The Morgan fingerprint density at radius 1 is 1.42 bits per heavy atom. The predicted octanol–water partition coefficient (Wildman–Crippen LogP) is 1.85. The van der Waals surface area contributed by atoms with Crippen molar-refractivity contribution in [1.82, 2.24) is 10.2 Å². The highest BCUT2D eigenvalue weighted by atomic mass is 19.2. The molecule has 1 aliphatic heterocycles. The minimum Gasteiger partial charge on any atom is -0.386 e. The van der Waals surface area contributed by atoms with Crippen molar-refractivity contribution in [1.29, 1.82) is 0 Å². The topological polar surface area (TPSA) is 52.6 Å². The zero-order chi connectivity index (χ0) is 17.7. The largest absolute Gasteiger partial charge is 0.386 e. The maximum atomic E-state index is 13.3. The molecule has 0 saturated carbocycles. The molecule has 2 N–H and O–H groups in total. The van der Waals surface area contributed by atoms with E-state index in [0.29, 0.717) is 19.4 Å². The minimum absolute atomic E-state index is 0.126. The summed E-state index contributed by atoms with van der Waals surface area (Å²) in [7, 11) is 0. The molecule has 0 radical (unpaired) electrons. The van der Waals surface area contributed by atoms with Crippen LogP contribution in [0.5, 0.6) is 0 Å². The quantitative estimate of drug-likeness (QED) is 0.807. The first-order valence-corrected chi connectivity index (χ1v) is 8.01. The molecule has 0 spiro atoms. The SMILES string of the molecule is C#CCN1CCC(C(=O)NC(C)C(O)c2ccc(F)c(F)c2)CC1.